The summed E-state index contributed by atoms with van der Waals surface area (Å²) in [6.07, 6.45) is 0. The first-order valence-corrected chi connectivity index (χ1v) is 10.0. The molecule has 0 saturated carbocycles. The van der Waals surface area contributed by atoms with E-state index in [1.807, 2.05) is 13.0 Å². The number of nitrogens with zero attached hydrogens (tertiary/aromatic N) is 2. The Morgan fingerprint density at radius 1 is 1.15 bits per heavy atom. The molecule has 27 heavy (non-hydrogen) atoms. The Bertz CT molecular complexity index is 817. The van der Waals surface area contributed by atoms with Crippen molar-refractivity contribution in [2.45, 2.75) is 13.8 Å². The van der Waals surface area contributed by atoms with Gasteiger partial charge in [0.2, 0.25) is 0 Å². The van der Waals surface area contributed by atoms with Gasteiger partial charge in [0, 0.05) is 43.1 Å². The van der Waals surface area contributed by atoms with E-state index in [-0.39, 0.29) is 5.91 Å². The van der Waals surface area contributed by atoms with E-state index in [1.54, 1.807) is 25.3 Å². The van der Waals surface area contributed by atoms with Gasteiger partial charge in [0.15, 0.2) is 0 Å². The Hall–Kier alpha value is -2.05. The number of carbonyl (C=O) groups excluding carboxylic acids is 1. The topological polar surface area (TPSA) is 44.8 Å². The second-order valence-electron chi connectivity index (χ2n) is 6.72. The molecule has 1 saturated heterocycles. The lowest BCUT2D eigenvalue weighted by Crippen LogP contribution is -2.46. The van der Waals surface area contributed by atoms with E-state index in [4.69, 9.17) is 4.74 Å². The van der Waals surface area contributed by atoms with Gasteiger partial charge in [-0.05, 0) is 71.4 Å². The summed E-state index contributed by atoms with van der Waals surface area (Å²) < 4.78 is 5.98. The summed E-state index contributed by atoms with van der Waals surface area (Å²) in [6.45, 7) is 9.63. The largest absolute Gasteiger partial charge is 0.496 e. The molecule has 0 atom stereocenters. The second-order valence-corrected chi connectivity index (χ2v) is 7.58. The first-order valence-electron chi connectivity index (χ1n) is 9.24. The Balaban J connectivity index is 1.69. The predicted octanol–water partition coefficient (Wildman–Crippen LogP) is 4.16. The van der Waals surface area contributed by atoms with Crippen LogP contribution in [0.1, 0.15) is 22.8 Å². The number of benzene rings is 2. The predicted molar refractivity (Wildman–Crippen MR) is 114 cm³/mol. The quantitative estimate of drug-likeness (QED) is 0.771. The number of anilines is 2. The highest BCUT2D eigenvalue weighted by Crippen LogP contribution is 2.27. The first kappa shape index (κ1) is 19.7. The molecule has 144 valence electrons. The fourth-order valence-corrected chi connectivity index (χ4v) is 3.85. The second kappa shape index (κ2) is 8.76. The Labute approximate surface area is 169 Å². The van der Waals surface area contributed by atoms with E-state index >= 15 is 0 Å². The van der Waals surface area contributed by atoms with E-state index in [0.29, 0.717) is 11.3 Å². The number of rotatable bonds is 5. The smallest absolute Gasteiger partial charge is 0.255 e. The van der Waals surface area contributed by atoms with Crippen LogP contribution in [-0.2, 0) is 0 Å². The van der Waals surface area contributed by atoms with Crippen molar-refractivity contribution in [3.8, 4) is 5.75 Å². The number of likely N-dealkylation sites (N-methyl/N-ethyl adjacent to an activating group) is 1. The van der Waals surface area contributed by atoms with Crippen LogP contribution in [0.4, 0.5) is 11.4 Å². The number of hydrogen-bond acceptors (Lipinski definition) is 4. The molecule has 0 aromatic heterocycles. The summed E-state index contributed by atoms with van der Waals surface area (Å²) in [5.41, 5.74) is 3.70. The van der Waals surface area contributed by atoms with Crippen LogP contribution in [0, 0.1) is 6.92 Å². The molecule has 1 aliphatic heterocycles. The standard InChI is InChI=1S/C21H26BrN3O2/c1-4-24-9-11-25(12-10-24)17-6-7-19(15(2)13-17)23-21(26)16-5-8-20(27-3)18(22)14-16/h5-8,13-14H,4,9-12H2,1-3H3,(H,23,26). The number of hydrogen-bond donors (Lipinski definition) is 1. The SMILES string of the molecule is CCN1CCN(c2ccc(NC(=O)c3ccc(OC)c(Br)c3)c(C)c2)CC1. The van der Waals surface area contributed by atoms with Crippen LogP contribution in [-0.4, -0.2) is 50.6 Å². The van der Waals surface area contributed by atoms with Gasteiger partial charge in [0.05, 0.1) is 11.6 Å². The minimum Gasteiger partial charge on any atom is -0.496 e. The molecule has 1 heterocycles. The number of nitrogens with one attached hydrogen (secondary N) is 1. The number of methoxy groups -OCH3 is 1. The molecule has 5 nitrogen and oxygen atoms in total. The van der Waals surface area contributed by atoms with Crippen LogP contribution < -0.4 is 15.0 Å². The molecule has 2 aromatic carbocycles. The third kappa shape index (κ3) is 4.62. The van der Waals surface area contributed by atoms with E-state index in [0.717, 1.165) is 48.4 Å². The number of aryl methyl sites for hydroxylation is 1. The van der Waals surface area contributed by atoms with Crippen LogP contribution in [0.2, 0.25) is 0 Å². The maximum absolute atomic E-state index is 12.6. The Morgan fingerprint density at radius 3 is 2.48 bits per heavy atom. The van der Waals surface area contributed by atoms with Crippen molar-refractivity contribution in [1.29, 1.82) is 0 Å². The number of halogens is 1. The molecule has 0 radical (unpaired) electrons. The van der Waals surface area contributed by atoms with E-state index in [2.05, 4.69) is 50.1 Å². The first-order chi connectivity index (χ1) is 13.0. The third-order valence-electron chi connectivity index (χ3n) is 5.06. The average Bonchev–Trinajstić information content (AvgIpc) is 2.69. The zero-order valence-electron chi connectivity index (χ0n) is 16.1. The molecule has 1 fully saturated rings. The Morgan fingerprint density at radius 2 is 1.89 bits per heavy atom. The van der Waals surface area contributed by atoms with Crippen LogP contribution in [0.5, 0.6) is 5.75 Å². The molecular formula is C21H26BrN3O2. The lowest BCUT2D eigenvalue weighted by molar-refractivity contribution is 0.102. The average molecular weight is 432 g/mol. The zero-order valence-corrected chi connectivity index (χ0v) is 17.7. The fraction of sp³-hybridized carbons (Fsp3) is 0.381. The van der Waals surface area contributed by atoms with Crippen LogP contribution in [0.15, 0.2) is 40.9 Å². The van der Waals surface area contributed by atoms with Gasteiger partial charge in [-0.15, -0.1) is 0 Å². The highest BCUT2D eigenvalue weighted by molar-refractivity contribution is 9.10. The molecule has 1 aliphatic rings. The molecule has 0 aliphatic carbocycles. The molecule has 0 bridgehead atoms. The number of piperazine rings is 1. The summed E-state index contributed by atoms with van der Waals surface area (Å²) in [6, 6.07) is 11.6. The minimum absolute atomic E-state index is 0.134. The van der Waals surface area contributed by atoms with Gasteiger partial charge < -0.3 is 19.9 Å². The van der Waals surface area contributed by atoms with Crippen molar-refractivity contribution >= 4 is 33.2 Å². The molecule has 1 amide bonds. The summed E-state index contributed by atoms with van der Waals surface area (Å²) in [5.74, 6) is 0.570. The Kier molecular flexibility index (Phi) is 6.39. The van der Waals surface area contributed by atoms with Crippen LogP contribution in [0.3, 0.4) is 0 Å². The zero-order chi connectivity index (χ0) is 19.4. The van der Waals surface area contributed by atoms with Crippen LogP contribution in [0.25, 0.3) is 0 Å². The lowest BCUT2D eigenvalue weighted by Gasteiger charge is -2.35. The normalized spacial score (nSPS) is 14.9. The van der Waals surface area contributed by atoms with Crippen LogP contribution >= 0.6 is 15.9 Å². The lowest BCUT2D eigenvalue weighted by atomic mass is 10.1. The fourth-order valence-electron chi connectivity index (χ4n) is 3.31. The van der Waals surface area contributed by atoms with Crippen molar-refractivity contribution in [1.82, 2.24) is 4.90 Å². The number of amides is 1. The summed E-state index contributed by atoms with van der Waals surface area (Å²) in [7, 11) is 1.60. The van der Waals surface area contributed by atoms with Crippen molar-refractivity contribution < 1.29 is 9.53 Å². The van der Waals surface area contributed by atoms with E-state index < -0.39 is 0 Å². The van der Waals surface area contributed by atoms with Crippen molar-refractivity contribution in [3.63, 3.8) is 0 Å². The molecular weight excluding hydrogens is 406 g/mol. The van der Waals surface area contributed by atoms with Crippen molar-refractivity contribution in [2.75, 3.05) is 50.1 Å². The van der Waals surface area contributed by atoms with Crippen molar-refractivity contribution in [3.05, 3.63) is 52.0 Å². The molecule has 3 rings (SSSR count). The third-order valence-corrected chi connectivity index (χ3v) is 5.68. The highest BCUT2D eigenvalue weighted by atomic mass is 79.9. The number of ether oxygens (including phenoxy) is 1. The van der Waals surface area contributed by atoms with Gasteiger partial charge in [0.25, 0.3) is 5.91 Å². The molecule has 0 spiro atoms. The van der Waals surface area contributed by atoms with Crippen molar-refractivity contribution in [2.24, 2.45) is 0 Å². The molecule has 0 unspecified atom stereocenters. The summed E-state index contributed by atoms with van der Waals surface area (Å²) in [4.78, 5) is 17.5. The maximum Gasteiger partial charge on any atom is 0.255 e. The maximum atomic E-state index is 12.6. The summed E-state index contributed by atoms with van der Waals surface area (Å²) in [5, 5.41) is 3.01. The van der Waals surface area contributed by atoms with Gasteiger partial charge in [-0.2, -0.15) is 0 Å². The van der Waals surface area contributed by atoms with Gasteiger partial charge in [-0.1, -0.05) is 6.92 Å². The number of carbonyl (C=O) groups is 1. The molecule has 6 heteroatoms. The van der Waals surface area contributed by atoms with Gasteiger partial charge in [0.1, 0.15) is 5.75 Å². The van der Waals surface area contributed by atoms with Gasteiger partial charge in [-0.3, -0.25) is 4.79 Å². The van der Waals surface area contributed by atoms with Gasteiger partial charge in [-0.25, -0.2) is 0 Å². The minimum atomic E-state index is -0.134. The van der Waals surface area contributed by atoms with E-state index in [9.17, 15) is 4.79 Å². The van der Waals surface area contributed by atoms with Gasteiger partial charge >= 0.3 is 0 Å². The monoisotopic (exact) mass is 431 g/mol. The van der Waals surface area contributed by atoms with E-state index in [1.165, 1.54) is 5.69 Å². The molecule has 1 N–H and O–H groups in total. The summed E-state index contributed by atoms with van der Waals surface area (Å²) >= 11 is 3.42. The molecule has 2 aromatic rings. The highest BCUT2D eigenvalue weighted by Gasteiger charge is 2.17.